The highest BCUT2D eigenvalue weighted by Gasteiger charge is 2.17. The Kier molecular flexibility index (Phi) is 5.13. The largest absolute Gasteiger partial charge is 0.394 e. The average molecular weight is 259 g/mol. The Hall–Kier alpha value is -1.38. The maximum absolute atomic E-state index is 10.8. The van der Waals surface area contributed by atoms with Gasteiger partial charge in [-0.15, -0.1) is 0 Å². The molecule has 0 aromatic carbocycles. The van der Waals surface area contributed by atoms with Crippen LogP contribution in [0, 0.1) is 10.1 Å². The van der Waals surface area contributed by atoms with Crippen LogP contribution in [0.25, 0.3) is 0 Å². The second-order valence-electron chi connectivity index (χ2n) is 3.18. The van der Waals surface area contributed by atoms with Gasteiger partial charge in [-0.25, -0.2) is 4.98 Å². The Bertz CT molecular complexity index is 402. The fourth-order valence-corrected chi connectivity index (χ4v) is 1.95. The number of aromatic nitrogens is 1. The van der Waals surface area contributed by atoms with Gasteiger partial charge in [-0.05, 0) is 6.07 Å². The average Bonchev–Trinajstić information content (AvgIpc) is 2.35. The van der Waals surface area contributed by atoms with Gasteiger partial charge in [0.1, 0.15) is 5.82 Å². The van der Waals surface area contributed by atoms with Crippen LogP contribution in [0.4, 0.5) is 11.5 Å². The molecule has 0 aliphatic carbocycles. The summed E-state index contributed by atoms with van der Waals surface area (Å²) in [6.45, 7) is -0.382. The summed E-state index contributed by atoms with van der Waals surface area (Å²) in [5.74, 6) is 0.661. The van der Waals surface area contributed by atoms with E-state index in [1.54, 1.807) is 7.05 Å². The third kappa shape index (κ3) is 3.84. The molecule has 3 N–H and O–H groups in total. The summed E-state index contributed by atoms with van der Waals surface area (Å²) in [5.41, 5.74) is -0.112. The maximum Gasteiger partial charge on any atom is 0.301 e. The summed E-state index contributed by atoms with van der Waals surface area (Å²) < 4.78 is 0. The standard InChI is InChI=1S/C9H13N3O4S/c1-10-8-3-2-7(12(15)16)9(11-8)17-5-6(14)4-13/h2-3,6,13-14H,4-5H2,1H3,(H,10,11). The number of nitrogens with one attached hydrogen (secondary N) is 1. The van der Waals surface area contributed by atoms with E-state index in [1.807, 2.05) is 0 Å². The van der Waals surface area contributed by atoms with Crippen LogP contribution in [0.15, 0.2) is 17.2 Å². The summed E-state index contributed by atoms with van der Waals surface area (Å²) >= 11 is 1.03. The van der Waals surface area contributed by atoms with E-state index < -0.39 is 11.0 Å². The first-order chi connectivity index (χ1) is 8.08. The van der Waals surface area contributed by atoms with E-state index in [0.29, 0.717) is 5.82 Å². The lowest BCUT2D eigenvalue weighted by atomic mass is 10.4. The van der Waals surface area contributed by atoms with E-state index in [4.69, 9.17) is 5.11 Å². The zero-order valence-corrected chi connectivity index (χ0v) is 9.98. The van der Waals surface area contributed by atoms with E-state index >= 15 is 0 Å². The second kappa shape index (κ2) is 6.38. The highest BCUT2D eigenvalue weighted by Crippen LogP contribution is 2.28. The third-order valence-electron chi connectivity index (χ3n) is 1.92. The molecule has 0 bridgehead atoms. The number of thioether (sulfide) groups is 1. The maximum atomic E-state index is 10.8. The Morgan fingerprint density at radius 2 is 2.35 bits per heavy atom. The summed E-state index contributed by atoms with van der Waals surface area (Å²) in [6.07, 6.45) is -0.917. The van der Waals surface area contributed by atoms with E-state index in [9.17, 15) is 15.2 Å². The van der Waals surface area contributed by atoms with Gasteiger partial charge in [0.15, 0.2) is 5.03 Å². The molecule has 1 aromatic rings. The van der Waals surface area contributed by atoms with Crippen LogP contribution in [-0.4, -0.2) is 45.6 Å². The molecule has 0 spiro atoms. The van der Waals surface area contributed by atoms with Gasteiger partial charge in [0.05, 0.1) is 17.6 Å². The SMILES string of the molecule is CNc1ccc([N+](=O)[O-])c(SCC(O)CO)n1. The predicted molar refractivity (Wildman–Crippen MR) is 64.3 cm³/mol. The lowest BCUT2D eigenvalue weighted by molar-refractivity contribution is -0.388. The lowest BCUT2D eigenvalue weighted by Crippen LogP contribution is -2.15. The molecule has 0 radical (unpaired) electrons. The smallest absolute Gasteiger partial charge is 0.301 e. The van der Waals surface area contributed by atoms with Gasteiger partial charge in [-0.3, -0.25) is 10.1 Å². The van der Waals surface area contributed by atoms with Gasteiger partial charge in [-0.2, -0.15) is 0 Å². The summed E-state index contributed by atoms with van der Waals surface area (Å²) in [7, 11) is 1.66. The van der Waals surface area contributed by atoms with Gasteiger partial charge in [0.25, 0.3) is 0 Å². The van der Waals surface area contributed by atoms with Crippen molar-refractivity contribution in [3.63, 3.8) is 0 Å². The van der Waals surface area contributed by atoms with Crippen molar-refractivity contribution in [1.82, 2.24) is 4.98 Å². The fraction of sp³-hybridized carbons (Fsp3) is 0.444. The van der Waals surface area contributed by atoms with Crippen LogP contribution >= 0.6 is 11.8 Å². The number of rotatable bonds is 6. The van der Waals surface area contributed by atoms with Crippen molar-refractivity contribution in [3.05, 3.63) is 22.2 Å². The molecule has 0 saturated heterocycles. The van der Waals surface area contributed by atoms with Crippen molar-refractivity contribution in [1.29, 1.82) is 0 Å². The Morgan fingerprint density at radius 1 is 1.65 bits per heavy atom. The molecule has 1 aromatic heterocycles. The number of aliphatic hydroxyl groups excluding tert-OH is 2. The van der Waals surface area contributed by atoms with Crippen molar-refractivity contribution in [2.75, 3.05) is 24.7 Å². The molecule has 7 nitrogen and oxygen atoms in total. The highest BCUT2D eigenvalue weighted by atomic mass is 32.2. The zero-order chi connectivity index (χ0) is 12.8. The molecule has 0 saturated carbocycles. The van der Waals surface area contributed by atoms with Crippen molar-refractivity contribution < 1.29 is 15.1 Å². The summed E-state index contributed by atoms with van der Waals surface area (Å²) in [5, 5.41) is 31.6. The molecule has 0 aliphatic rings. The zero-order valence-electron chi connectivity index (χ0n) is 9.16. The van der Waals surface area contributed by atoms with Crippen LogP contribution in [0.3, 0.4) is 0 Å². The highest BCUT2D eigenvalue weighted by molar-refractivity contribution is 7.99. The minimum Gasteiger partial charge on any atom is -0.394 e. The molecular weight excluding hydrogens is 246 g/mol. The van der Waals surface area contributed by atoms with Gasteiger partial charge in [0.2, 0.25) is 0 Å². The van der Waals surface area contributed by atoms with Crippen LogP contribution in [0.2, 0.25) is 0 Å². The fourth-order valence-electron chi connectivity index (χ4n) is 1.05. The van der Waals surface area contributed by atoms with Crippen LogP contribution < -0.4 is 5.32 Å². The van der Waals surface area contributed by atoms with Crippen molar-refractivity contribution in [2.45, 2.75) is 11.1 Å². The first-order valence-electron chi connectivity index (χ1n) is 4.83. The number of anilines is 1. The number of nitrogens with zero attached hydrogens (tertiary/aromatic N) is 2. The van der Waals surface area contributed by atoms with Gasteiger partial charge < -0.3 is 15.5 Å². The van der Waals surface area contributed by atoms with Crippen LogP contribution in [0.1, 0.15) is 0 Å². The molecule has 1 unspecified atom stereocenters. The number of hydrogen-bond acceptors (Lipinski definition) is 7. The number of hydrogen-bond donors (Lipinski definition) is 3. The molecular formula is C9H13N3O4S. The van der Waals surface area contributed by atoms with Crippen molar-refractivity contribution in [2.24, 2.45) is 0 Å². The van der Waals surface area contributed by atoms with E-state index in [2.05, 4.69) is 10.3 Å². The monoisotopic (exact) mass is 259 g/mol. The molecule has 0 fully saturated rings. The lowest BCUT2D eigenvalue weighted by Gasteiger charge is -2.07. The minimum atomic E-state index is -0.917. The second-order valence-corrected chi connectivity index (χ2v) is 4.18. The number of aliphatic hydroxyl groups is 2. The first kappa shape index (κ1) is 13.7. The van der Waals surface area contributed by atoms with Crippen LogP contribution in [-0.2, 0) is 0 Å². The van der Waals surface area contributed by atoms with E-state index in [0.717, 1.165) is 11.8 Å². The molecule has 8 heteroatoms. The first-order valence-corrected chi connectivity index (χ1v) is 5.82. The Balaban J connectivity index is 2.89. The number of pyridine rings is 1. The molecule has 0 amide bonds. The van der Waals surface area contributed by atoms with Crippen molar-refractivity contribution in [3.8, 4) is 0 Å². The molecule has 1 heterocycles. The molecule has 17 heavy (non-hydrogen) atoms. The topological polar surface area (TPSA) is 109 Å². The van der Waals surface area contributed by atoms with Crippen LogP contribution in [0.5, 0.6) is 0 Å². The summed E-state index contributed by atoms with van der Waals surface area (Å²) in [4.78, 5) is 14.3. The Labute approximate surface area is 102 Å². The Morgan fingerprint density at radius 3 is 2.88 bits per heavy atom. The molecule has 1 rings (SSSR count). The molecule has 94 valence electrons. The third-order valence-corrected chi connectivity index (χ3v) is 3.04. The van der Waals surface area contributed by atoms with Gasteiger partial charge in [0, 0.05) is 18.9 Å². The van der Waals surface area contributed by atoms with Gasteiger partial charge in [-0.1, -0.05) is 11.8 Å². The van der Waals surface area contributed by atoms with E-state index in [-0.39, 0.29) is 23.1 Å². The van der Waals surface area contributed by atoms with E-state index in [1.165, 1.54) is 12.1 Å². The molecule has 0 aliphatic heterocycles. The van der Waals surface area contributed by atoms with Crippen molar-refractivity contribution >= 4 is 23.3 Å². The quantitative estimate of drug-likeness (QED) is 0.387. The normalized spacial score (nSPS) is 12.2. The minimum absolute atomic E-state index is 0.112. The number of nitro groups is 1. The molecule has 1 atom stereocenters. The summed E-state index contributed by atoms with van der Waals surface area (Å²) in [6, 6.07) is 2.86. The van der Waals surface area contributed by atoms with Gasteiger partial charge >= 0.3 is 5.69 Å². The predicted octanol–water partition coefficient (Wildman–Crippen LogP) is 0.477.